The number of nitriles is 1. The van der Waals surface area contributed by atoms with Crippen LogP contribution in [0, 0.1) is 16.7 Å². The van der Waals surface area contributed by atoms with Crippen LogP contribution in [0.4, 0.5) is 0 Å². The molecule has 0 atom stereocenters. The molecule has 0 unspecified atom stereocenters. The first-order chi connectivity index (χ1) is 6.77. The standard InChI is InChI=1S/C10H20N2O2S/c1-10(2,3)6-9-15(13,14)12-8-5-4-7-11/h12H,4-6,8-9H2,1-3H3. The van der Waals surface area contributed by atoms with Crippen LogP contribution in [0.2, 0.25) is 0 Å². The molecule has 0 aliphatic carbocycles. The molecule has 0 fully saturated rings. The molecule has 0 saturated carbocycles. The van der Waals surface area contributed by atoms with Gasteiger partial charge in [-0.15, -0.1) is 0 Å². The van der Waals surface area contributed by atoms with Gasteiger partial charge < -0.3 is 0 Å². The van der Waals surface area contributed by atoms with E-state index in [2.05, 4.69) is 4.72 Å². The van der Waals surface area contributed by atoms with E-state index in [0.29, 0.717) is 25.8 Å². The van der Waals surface area contributed by atoms with Crippen LogP contribution in [0.5, 0.6) is 0 Å². The molecule has 0 amide bonds. The van der Waals surface area contributed by atoms with E-state index in [4.69, 9.17) is 5.26 Å². The van der Waals surface area contributed by atoms with Crippen LogP contribution in [0.3, 0.4) is 0 Å². The Kier molecular flexibility index (Phi) is 5.84. The van der Waals surface area contributed by atoms with Gasteiger partial charge >= 0.3 is 0 Å². The zero-order chi connectivity index (χ0) is 11.9. The minimum absolute atomic E-state index is 0.0292. The maximum atomic E-state index is 11.4. The predicted octanol–water partition coefficient (Wildman–Crippen LogP) is 1.65. The Balaban J connectivity index is 3.84. The molecule has 0 spiro atoms. The van der Waals surface area contributed by atoms with E-state index >= 15 is 0 Å². The van der Waals surface area contributed by atoms with Crippen LogP contribution in [0.1, 0.15) is 40.0 Å². The molecule has 0 aliphatic rings. The summed E-state index contributed by atoms with van der Waals surface area (Å²) in [6.45, 7) is 6.40. The topological polar surface area (TPSA) is 70.0 Å². The molecule has 0 bridgehead atoms. The summed E-state index contributed by atoms with van der Waals surface area (Å²) in [6.07, 6.45) is 1.60. The second-order valence-corrected chi connectivity index (χ2v) is 6.71. The van der Waals surface area contributed by atoms with E-state index in [0.717, 1.165) is 0 Å². The van der Waals surface area contributed by atoms with Gasteiger partial charge in [0, 0.05) is 13.0 Å². The largest absolute Gasteiger partial charge is 0.215 e. The zero-order valence-electron chi connectivity index (χ0n) is 9.71. The van der Waals surface area contributed by atoms with Crippen molar-refractivity contribution in [1.82, 2.24) is 4.72 Å². The Morgan fingerprint density at radius 2 is 1.93 bits per heavy atom. The summed E-state index contributed by atoms with van der Waals surface area (Å²) in [7, 11) is -3.15. The first-order valence-corrected chi connectivity index (χ1v) is 6.76. The zero-order valence-corrected chi connectivity index (χ0v) is 10.5. The molecule has 0 aromatic rings. The summed E-state index contributed by atoms with van der Waals surface area (Å²) < 4.78 is 25.4. The number of sulfonamides is 1. The molecule has 0 saturated heterocycles. The molecule has 15 heavy (non-hydrogen) atoms. The van der Waals surface area contributed by atoms with Gasteiger partial charge in [0.25, 0.3) is 0 Å². The number of hydrogen-bond donors (Lipinski definition) is 1. The fraction of sp³-hybridized carbons (Fsp3) is 0.900. The van der Waals surface area contributed by atoms with Crippen molar-refractivity contribution in [1.29, 1.82) is 5.26 Å². The summed E-state index contributed by atoms with van der Waals surface area (Å²) >= 11 is 0. The van der Waals surface area contributed by atoms with Crippen LogP contribution in [-0.2, 0) is 10.0 Å². The molecule has 0 aromatic carbocycles. The number of rotatable bonds is 6. The van der Waals surface area contributed by atoms with Crippen molar-refractivity contribution in [2.45, 2.75) is 40.0 Å². The lowest BCUT2D eigenvalue weighted by atomic mass is 9.94. The van der Waals surface area contributed by atoms with E-state index in [1.165, 1.54) is 0 Å². The second-order valence-electron chi connectivity index (χ2n) is 4.79. The molecule has 5 heteroatoms. The first-order valence-electron chi connectivity index (χ1n) is 5.11. The summed E-state index contributed by atoms with van der Waals surface area (Å²) in [5.74, 6) is 0.156. The van der Waals surface area contributed by atoms with Gasteiger partial charge in [-0.25, -0.2) is 13.1 Å². The Morgan fingerprint density at radius 1 is 1.33 bits per heavy atom. The average molecular weight is 232 g/mol. The van der Waals surface area contributed by atoms with Gasteiger partial charge in [-0.1, -0.05) is 20.8 Å². The van der Waals surface area contributed by atoms with Crippen LogP contribution in [-0.4, -0.2) is 20.7 Å². The van der Waals surface area contributed by atoms with Crippen LogP contribution < -0.4 is 4.72 Å². The van der Waals surface area contributed by atoms with Gasteiger partial charge in [0.15, 0.2) is 0 Å². The lowest BCUT2D eigenvalue weighted by Crippen LogP contribution is -2.29. The highest BCUT2D eigenvalue weighted by molar-refractivity contribution is 7.89. The molecular formula is C10H20N2O2S. The minimum Gasteiger partial charge on any atom is -0.215 e. The maximum absolute atomic E-state index is 11.4. The molecular weight excluding hydrogens is 212 g/mol. The highest BCUT2D eigenvalue weighted by Crippen LogP contribution is 2.18. The monoisotopic (exact) mass is 232 g/mol. The van der Waals surface area contributed by atoms with Crippen molar-refractivity contribution in [2.24, 2.45) is 5.41 Å². The Bertz CT molecular complexity index is 309. The second kappa shape index (κ2) is 6.09. The fourth-order valence-corrected chi connectivity index (χ4v) is 2.39. The lowest BCUT2D eigenvalue weighted by molar-refractivity contribution is 0.396. The third-order valence-electron chi connectivity index (χ3n) is 1.91. The Labute approximate surface area is 92.7 Å². The first kappa shape index (κ1) is 14.4. The normalized spacial score (nSPS) is 12.4. The van der Waals surface area contributed by atoms with Crippen LogP contribution in [0.15, 0.2) is 0 Å². The van der Waals surface area contributed by atoms with E-state index in [9.17, 15) is 8.42 Å². The third-order valence-corrected chi connectivity index (χ3v) is 3.29. The van der Waals surface area contributed by atoms with Gasteiger partial charge in [0.05, 0.1) is 11.8 Å². The van der Waals surface area contributed by atoms with Gasteiger partial charge in [-0.2, -0.15) is 5.26 Å². The molecule has 88 valence electrons. The van der Waals surface area contributed by atoms with Crippen molar-refractivity contribution < 1.29 is 8.42 Å². The number of unbranched alkanes of at least 4 members (excludes halogenated alkanes) is 1. The van der Waals surface area contributed by atoms with Gasteiger partial charge in [-0.05, 0) is 18.3 Å². The highest BCUT2D eigenvalue weighted by atomic mass is 32.2. The number of nitrogens with one attached hydrogen (secondary N) is 1. The average Bonchev–Trinajstić information content (AvgIpc) is 2.09. The Hall–Kier alpha value is -0.600. The molecule has 0 aromatic heterocycles. The number of nitrogens with zero attached hydrogens (tertiary/aromatic N) is 1. The molecule has 4 nitrogen and oxygen atoms in total. The summed E-state index contributed by atoms with van der Waals surface area (Å²) in [6, 6.07) is 1.98. The fourth-order valence-electron chi connectivity index (χ4n) is 0.908. The van der Waals surface area contributed by atoms with E-state index in [1.807, 2.05) is 26.8 Å². The third kappa shape index (κ3) is 9.70. The van der Waals surface area contributed by atoms with Crippen LogP contribution >= 0.6 is 0 Å². The summed E-state index contributed by atoms with van der Waals surface area (Å²) in [4.78, 5) is 0. The maximum Gasteiger partial charge on any atom is 0.211 e. The SMILES string of the molecule is CC(C)(C)CCS(=O)(=O)NCCCC#N. The molecule has 0 aliphatic heterocycles. The minimum atomic E-state index is -3.15. The smallest absolute Gasteiger partial charge is 0.211 e. The quantitative estimate of drug-likeness (QED) is 0.708. The van der Waals surface area contributed by atoms with Gasteiger partial charge in [0.2, 0.25) is 10.0 Å². The van der Waals surface area contributed by atoms with E-state index < -0.39 is 10.0 Å². The van der Waals surface area contributed by atoms with Crippen LogP contribution in [0.25, 0.3) is 0 Å². The Morgan fingerprint density at radius 3 is 2.40 bits per heavy atom. The number of hydrogen-bond acceptors (Lipinski definition) is 3. The van der Waals surface area contributed by atoms with E-state index in [1.54, 1.807) is 0 Å². The lowest BCUT2D eigenvalue weighted by Gasteiger charge is -2.17. The van der Waals surface area contributed by atoms with E-state index in [-0.39, 0.29) is 11.2 Å². The van der Waals surface area contributed by atoms with Gasteiger partial charge in [0.1, 0.15) is 0 Å². The van der Waals surface area contributed by atoms with Crippen molar-refractivity contribution >= 4 is 10.0 Å². The molecule has 0 rings (SSSR count). The summed E-state index contributed by atoms with van der Waals surface area (Å²) in [5.41, 5.74) is 0.0292. The van der Waals surface area contributed by atoms with Crippen molar-refractivity contribution in [3.63, 3.8) is 0 Å². The van der Waals surface area contributed by atoms with Gasteiger partial charge in [-0.3, -0.25) is 0 Å². The molecule has 0 radical (unpaired) electrons. The summed E-state index contributed by atoms with van der Waals surface area (Å²) in [5, 5.41) is 8.28. The highest BCUT2D eigenvalue weighted by Gasteiger charge is 2.16. The van der Waals surface area contributed by atoms with Crippen molar-refractivity contribution in [3.8, 4) is 6.07 Å². The predicted molar refractivity (Wildman–Crippen MR) is 60.7 cm³/mol. The molecule has 0 heterocycles. The van der Waals surface area contributed by atoms with Crippen molar-refractivity contribution in [2.75, 3.05) is 12.3 Å². The molecule has 1 N–H and O–H groups in total. The van der Waals surface area contributed by atoms with Crippen molar-refractivity contribution in [3.05, 3.63) is 0 Å².